The Morgan fingerprint density at radius 1 is 1.07 bits per heavy atom. The van der Waals surface area contributed by atoms with Crippen molar-refractivity contribution < 1.29 is 4.79 Å². The highest BCUT2D eigenvalue weighted by Crippen LogP contribution is 2.24. The molecule has 1 saturated heterocycles. The lowest BCUT2D eigenvalue weighted by molar-refractivity contribution is -0.125. The zero-order valence-corrected chi connectivity index (χ0v) is 17.8. The zero-order chi connectivity index (χ0) is 20.9. The largest absolute Gasteiger partial charge is 0.354 e. The van der Waals surface area contributed by atoms with Gasteiger partial charge in [0.05, 0.1) is 11.6 Å². The van der Waals surface area contributed by atoms with E-state index in [1.807, 2.05) is 36.4 Å². The average molecular weight is 421 g/mol. The van der Waals surface area contributed by atoms with Gasteiger partial charge in [0.15, 0.2) is 5.82 Å². The van der Waals surface area contributed by atoms with Crippen molar-refractivity contribution in [2.75, 3.05) is 18.0 Å². The summed E-state index contributed by atoms with van der Waals surface area (Å²) in [6.45, 7) is 4.17. The Hall–Kier alpha value is -2.92. The Morgan fingerprint density at radius 3 is 2.53 bits per heavy atom. The molecule has 2 heterocycles. The number of amides is 1. The van der Waals surface area contributed by atoms with Crippen LogP contribution in [0.1, 0.15) is 24.0 Å². The zero-order valence-electron chi connectivity index (χ0n) is 17.0. The molecule has 154 valence electrons. The molecule has 1 atom stereocenters. The summed E-state index contributed by atoms with van der Waals surface area (Å²) in [7, 11) is 0. The van der Waals surface area contributed by atoms with E-state index in [1.54, 1.807) is 0 Å². The first kappa shape index (κ1) is 20.4. The molecule has 30 heavy (non-hydrogen) atoms. The van der Waals surface area contributed by atoms with Gasteiger partial charge in [-0.15, -0.1) is 10.2 Å². The second-order valence-corrected chi connectivity index (χ2v) is 8.21. The standard InChI is InChI=1S/C24H25ClN4O/c1-17-4-6-18(7-5-17)15-26-24(30)20-3-2-14-29(16-20)23-13-12-22(27-28-23)19-8-10-21(25)11-9-19/h4-13,20H,2-3,14-16H2,1H3,(H,26,30). The maximum atomic E-state index is 12.7. The summed E-state index contributed by atoms with van der Waals surface area (Å²) in [5.41, 5.74) is 4.12. The Morgan fingerprint density at radius 2 is 1.83 bits per heavy atom. The minimum Gasteiger partial charge on any atom is -0.354 e. The van der Waals surface area contributed by atoms with Crippen molar-refractivity contribution in [3.8, 4) is 11.3 Å². The first-order valence-corrected chi connectivity index (χ1v) is 10.6. The number of nitrogens with one attached hydrogen (secondary N) is 1. The van der Waals surface area contributed by atoms with Gasteiger partial charge in [0, 0.05) is 30.2 Å². The lowest BCUT2D eigenvalue weighted by atomic mass is 9.97. The average Bonchev–Trinajstić information content (AvgIpc) is 2.79. The molecule has 1 aliphatic rings. The molecule has 0 spiro atoms. The monoisotopic (exact) mass is 420 g/mol. The molecule has 6 heteroatoms. The van der Waals surface area contributed by atoms with E-state index < -0.39 is 0 Å². The van der Waals surface area contributed by atoms with E-state index in [0.29, 0.717) is 18.1 Å². The van der Waals surface area contributed by atoms with Crippen LogP contribution in [0, 0.1) is 12.8 Å². The molecule has 0 bridgehead atoms. The maximum Gasteiger partial charge on any atom is 0.225 e. The summed E-state index contributed by atoms with van der Waals surface area (Å²) >= 11 is 5.95. The molecular weight excluding hydrogens is 396 g/mol. The van der Waals surface area contributed by atoms with Crippen LogP contribution in [0.25, 0.3) is 11.3 Å². The number of piperidine rings is 1. The van der Waals surface area contributed by atoms with E-state index in [4.69, 9.17) is 11.6 Å². The fourth-order valence-electron chi connectivity index (χ4n) is 3.71. The molecular formula is C24H25ClN4O. The third-order valence-corrected chi connectivity index (χ3v) is 5.75. The highest BCUT2D eigenvalue weighted by atomic mass is 35.5. The number of halogens is 1. The van der Waals surface area contributed by atoms with E-state index in [2.05, 4.69) is 51.6 Å². The first-order chi connectivity index (χ1) is 14.6. The van der Waals surface area contributed by atoms with E-state index >= 15 is 0 Å². The van der Waals surface area contributed by atoms with Crippen LogP contribution < -0.4 is 10.2 Å². The van der Waals surface area contributed by atoms with Crippen molar-refractivity contribution >= 4 is 23.3 Å². The van der Waals surface area contributed by atoms with Crippen molar-refractivity contribution in [1.82, 2.24) is 15.5 Å². The molecule has 0 saturated carbocycles. The number of carbonyl (C=O) groups excluding carboxylic acids is 1. The minimum atomic E-state index is -0.0399. The Labute approximate surface area is 182 Å². The molecule has 3 aromatic rings. The summed E-state index contributed by atoms with van der Waals surface area (Å²) in [6, 6.07) is 19.7. The summed E-state index contributed by atoms with van der Waals surface area (Å²) in [4.78, 5) is 14.8. The van der Waals surface area contributed by atoms with Gasteiger partial charge in [-0.1, -0.05) is 53.6 Å². The molecule has 1 aromatic heterocycles. The predicted octanol–water partition coefficient (Wildman–Crippen LogP) is 4.64. The van der Waals surface area contributed by atoms with Crippen LogP contribution >= 0.6 is 11.6 Å². The van der Waals surface area contributed by atoms with E-state index in [1.165, 1.54) is 5.56 Å². The fourth-order valence-corrected chi connectivity index (χ4v) is 3.83. The Balaban J connectivity index is 1.36. The molecule has 5 nitrogen and oxygen atoms in total. The van der Waals surface area contributed by atoms with Gasteiger partial charge >= 0.3 is 0 Å². The number of anilines is 1. The molecule has 1 fully saturated rings. The van der Waals surface area contributed by atoms with Crippen LogP contribution in [0.2, 0.25) is 5.02 Å². The number of aromatic nitrogens is 2. The number of aryl methyl sites for hydroxylation is 1. The number of nitrogens with zero attached hydrogens (tertiary/aromatic N) is 3. The van der Waals surface area contributed by atoms with Crippen molar-refractivity contribution in [3.05, 3.63) is 76.8 Å². The normalized spacial score (nSPS) is 16.3. The predicted molar refractivity (Wildman–Crippen MR) is 120 cm³/mol. The highest BCUT2D eigenvalue weighted by Gasteiger charge is 2.26. The lowest BCUT2D eigenvalue weighted by Crippen LogP contribution is -2.43. The molecule has 0 aliphatic carbocycles. The fraction of sp³-hybridized carbons (Fsp3) is 0.292. The highest BCUT2D eigenvalue weighted by molar-refractivity contribution is 6.30. The summed E-state index contributed by atoms with van der Waals surface area (Å²) in [5.74, 6) is 0.872. The quantitative estimate of drug-likeness (QED) is 0.653. The first-order valence-electron chi connectivity index (χ1n) is 10.3. The number of hydrogen-bond donors (Lipinski definition) is 1. The third-order valence-electron chi connectivity index (χ3n) is 5.49. The SMILES string of the molecule is Cc1ccc(CNC(=O)C2CCCN(c3ccc(-c4ccc(Cl)cc4)nn3)C2)cc1. The van der Waals surface area contributed by atoms with E-state index in [9.17, 15) is 4.79 Å². The molecule has 2 aromatic carbocycles. The van der Waals surface area contributed by atoms with E-state index in [-0.39, 0.29) is 11.8 Å². The van der Waals surface area contributed by atoms with Gasteiger partial charge in [-0.2, -0.15) is 0 Å². The number of hydrogen-bond acceptors (Lipinski definition) is 4. The smallest absolute Gasteiger partial charge is 0.225 e. The Kier molecular flexibility index (Phi) is 6.29. The second-order valence-electron chi connectivity index (χ2n) is 7.77. The maximum absolute atomic E-state index is 12.7. The van der Waals surface area contributed by atoms with Gasteiger partial charge in [-0.3, -0.25) is 4.79 Å². The van der Waals surface area contributed by atoms with Crippen LogP contribution in [0.15, 0.2) is 60.7 Å². The molecule has 1 unspecified atom stereocenters. The van der Waals surface area contributed by atoms with Crippen LogP contribution in [0.4, 0.5) is 5.82 Å². The van der Waals surface area contributed by atoms with Crippen molar-refractivity contribution in [2.24, 2.45) is 5.92 Å². The van der Waals surface area contributed by atoms with Crippen molar-refractivity contribution in [1.29, 1.82) is 0 Å². The Bertz CT molecular complexity index is 987. The molecule has 1 amide bonds. The van der Waals surface area contributed by atoms with Crippen LogP contribution in [0.5, 0.6) is 0 Å². The van der Waals surface area contributed by atoms with E-state index in [0.717, 1.165) is 42.0 Å². The van der Waals surface area contributed by atoms with Crippen LogP contribution in [-0.4, -0.2) is 29.2 Å². The second kappa shape index (κ2) is 9.26. The summed E-state index contributed by atoms with van der Waals surface area (Å²) in [6.07, 6.45) is 1.86. The van der Waals surface area contributed by atoms with Gasteiger partial charge in [-0.05, 0) is 49.6 Å². The minimum absolute atomic E-state index is 0.0399. The molecule has 4 rings (SSSR count). The summed E-state index contributed by atoms with van der Waals surface area (Å²) in [5, 5.41) is 12.6. The molecule has 1 N–H and O–H groups in total. The van der Waals surface area contributed by atoms with Gasteiger partial charge in [0.1, 0.15) is 0 Å². The van der Waals surface area contributed by atoms with Gasteiger partial charge in [-0.25, -0.2) is 0 Å². The number of benzene rings is 2. The molecule has 0 radical (unpaired) electrons. The number of rotatable bonds is 5. The third kappa shape index (κ3) is 4.97. The number of carbonyl (C=O) groups is 1. The molecule has 1 aliphatic heterocycles. The van der Waals surface area contributed by atoms with Gasteiger partial charge < -0.3 is 10.2 Å². The van der Waals surface area contributed by atoms with Crippen molar-refractivity contribution in [3.63, 3.8) is 0 Å². The van der Waals surface area contributed by atoms with Crippen LogP contribution in [0.3, 0.4) is 0 Å². The van der Waals surface area contributed by atoms with Gasteiger partial charge in [0.25, 0.3) is 0 Å². The topological polar surface area (TPSA) is 58.1 Å². The van der Waals surface area contributed by atoms with Crippen LogP contribution in [-0.2, 0) is 11.3 Å². The summed E-state index contributed by atoms with van der Waals surface area (Å²) < 4.78 is 0. The van der Waals surface area contributed by atoms with Gasteiger partial charge in [0.2, 0.25) is 5.91 Å². The van der Waals surface area contributed by atoms with Crippen molar-refractivity contribution in [2.45, 2.75) is 26.3 Å². The lowest BCUT2D eigenvalue weighted by Gasteiger charge is -2.32.